The van der Waals surface area contributed by atoms with Gasteiger partial charge in [0.05, 0.1) is 13.5 Å². The summed E-state index contributed by atoms with van der Waals surface area (Å²) in [4.78, 5) is 11.0. The van der Waals surface area contributed by atoms with Gasteiger partial charge in [-0.05, 0) is 28.8 Å². The van der Waals surface area contributed by atoms with Crippen molar-refractivity contribution in [1.29, 1.82) is 0 Å². The first-order chi connectivity index (χ1) is 8.72. The van der Waals surface area contributed by atoms with E-state index in [9.17, 15) is 4.79 Å². The van der Waals surface area contributed by atoms with Gasteiger partial charge in [-0.25, -0.2) is 0 Å². The first kappa shape index (κ1) is 12.4. The van der Waals surface area contributed by atoms with E-state index in [1.54, 1.807) is 0 Å². The summed E-state index contributed by atoms with van der Waals surface area (Å²) in [6.45, 7) is 2.10. The fraction of sp³-hybridized carbons (Fsp3) is 0.188. The molecule has 92 valence electrons. The van der Waals surface area contributed by atoms with Crippen LogP contribution in [-0.2, 0) is 9.53 Å². The molecule has 0 aliphatic heterocycles. The van der Waals surface area contributed by atoms with Crippen molar-refractivity contribution < 1.29 is 9.53 Å². The Balaban J connectivity index is 2.34. The maximum Gasteiger partial charge on any atom is 0.309 e. The third-order valence-electron chi connectivity index (χ3n) is 2.99. The zero-order chi connectivity index (χ0) is 13.0. The summed E-state index contributed by atoms with van der Waals surface area (Å²) in [7, 11) is 1.40. The predicted molar refractivity (Wildman–Crippen MR) is 74.4 cm³/mol. The van der Waals surface area contributed by atoms with Crippen LogP contribution in [-0.4, -0.2) is 13.1 Å². The van der Waals surface area contributed by atoms with E-state index in [-0.39, 0.29) is 5.97 Å². The number of fused-ring (bicyclic) bond motifs is 1. The molecule has 0 N–H and O–H groups in total. The minimum atomic E-state index is -0.220. The van der Waals surface area contributed by atoms with Gasteiger partial charge in [0.15, 0.2) is 0 Å². The van der Waals surface area contributed by atoms with Crippen molar-refractivity contribution in [3.05, 3.63) is 53.6 Å². The molecule has 0 aliphatic rings. The molecule has 2 aromatic carbocycles. The first-order valence-corrected chi connectivity index (χ1v) is 5.94. The second-order valence-electron chi connectivity index (χ2n) is 4.20. The Morgan fingerprint density at radius 1 is 1.17 bits per heavy atom. The molecule has 0 aliphatic carbocycles. The van der Waals surface area contributed by atoms with E-state index in [1.165, 1.54) is 23.4 Å². The molecule has 0 unspecified atom stereocenters. The average molecular weight is 240 g/mol. The number of hydrogen-bond acceptors (Lipinski definition) is 2. The van der Waals surface area contributed by atoms with E-state index >= 15 is 0 Å². The molecule has 0 radical (unpaired) electrons. The van der Waals surface area contributed by atoms with Crippen LogP contribution in [0.4, 0.5) is 0 Å². The van der Waals surface area contributed by atoms with Gasteiger partial charge in [-0.2, -0.15) is 0 Å². The van der Waals surface area contributed by atoms with Crippen molar-refractivity contribution >= 4 is 22.8 Å². The molecule has 2 aromatic rings. The number of esters is 1. The van der Waals surface area contributed by atoms with Gasteiger partial charge in [0.1, 0.15) is 0 Å². The van der Waals surface area contributed by atoms with Crippen LogP contribution >= 0.6 is 0 Å². The minimum absolute atomic E-state index is 0.220. The first-order valence-electron chi connectivity index (χ1n) is 5.94. The Hall–Kier alpha value is -2.09. The molecular formula is C16H16O2. The van der Waals surface area contributed by atoms with Crippen molar-refractivity contribution in [2.75, 3.05) is 7.11 Å². The third kappa shape index (κ3) is 2.59. The van der Waals surface area contributed by atoms with Gasteiger partial charge in [-0.3, -0.25) is 4.79 Å². The molecular weight excluding hydrogens is 224 g/mol. The molecule has 2 nitrogen and oxygen atoms in total. The van der Waals surface area contributed by atoms with Gasteiger partial charge in [0, 0.05) is 0 Å². The minimum Gasteiger partial charge on any atom is -0.469 e. The summed E-state index contributed by atoms with van der Waals surface area (Å²) in [6, 6.07) is 12.4. The molecule has 0 saturated carbocycles. The van der Waals surface area contributed by atoms with Gasteiger partial charge in [0.2, 0.25) is 0 Å². The zero-order valence-corrected chi connectivity index (χ0v) is 10.6. The largest absolute Gasteiger partial charge is 0.469 e. The van der Waals surface area contributed by atoms with Crippen LogP contribution in [0.3, 0.4) is 0 Å². The van der Waals surface area contributed by atoms with Gasteiger partial charge in [0.25, 0.3) is 0 Å². The van der Waals surface area contributed by atoms with Gasteiger partial charge >= 0.3 is 5.97 Å². The fourth-order valence-electron chi connectivity index (χ4n) is 1.98. The number of hydrogen-bond donors (Lipinski definition) is 0. The quantitative estimate of drug-likeness (QED) is 0.764. The summed E-state index contributed by atoms with van der Waals surface area (Å²) >= 11 is 0. The number of benzene rings is 2. The van der Waals surface area contributed by atoms with Crippen LogP contribution in [0.25, 0.3) is 16.8 Å². The Morgan fingerprint density at radius 3 is 2.61 bits per heavy atom. The maximum absolute atomic E-state index is 11.0. The zero-order valence-electron chi connectivity index (χ0n) is 10.6. The Kier molecular flexibility index (Phi) is 3.78. The second-order valence-corrected chi connectivity index (χ2v) is 4.20. The highest BCUT2D eigenvalue weighted by Gasteiger charge is 2.00. The predicted octanol–water partition coefficient (Wildman–Crippen LogP) is 3.72. The second kappa shape index (κ2) is 5.50. The van der Waals surface area contributed by atoms with E-state index in [0.29, 0.717) is 6.42 Å². The number of ether oxygens (including phenoxy) is 1. The number of carbonyl (C=O) groups is 1. The third-order valence-corrected chi connectivity index (χ3v) is 2.99. The Labute approximate surface area is 107 Å². The van der Waals surface area contributed by atoms with E-state index in [0.717, 1.165) is 5.56 Å². The van der Waals surface area contributed by atoms with Crippen LogP contribution in [0.15, 0.2) is 42.5 Å². The highest BCUT2D eigenvalue weighted by molar-refractivity contribution is 5.93. The number of rotatable bonds is 3. The van der Waals surface area contributed by atoms with Crippen molar-refractivity contribution in [2.45, 2.75) is 13.3 Å². The van der Waals surface area contributed by atoms with Crippen molar-refractivity contribution in [3.63, 3.8) is 0 Å². The standard InChI is InChI=1S/C16H16O2/c1-12-10-11-13(6-5-9-16(17)18-2)15-8-4-3-7-14(12)15/h3-8,10-11H,9H2,1-2H3. The average Bonchev–Trinajstić information content (AvgIpc) is 2.41. The topological polar surface area (TPSA) is 26.3 Å². The van der Waals surface area contributed by atoms with Crippen LogP contribution < -0.4 is 0 Å². The van der Waals surface area contributed by atoms with Crippen molar-refractivity contribution in [3.8, 4) is 0 Å². The summed E-state index contributed by atoms with van der Waals surface area (Å²) in [5, 5.41) is 2.45. The van der Waals surface area contributed by atoms with Crippen LogP contribution in [0.5, 0.6) is 0 Å². The molecule has 0 atom stereocenters. The van der Waals surface area contributed by atoms with E-state index in [1.807, 2.05) is 24.3 Å². The summed E-state index contributed by atoms with van der Waals surface area (Å²) in [5.74, 6) is -0.220. The van der Waals surface area contributed by atoms with Crippen molar-refractivity contribution in [2.24, 2.45) is 0 Å². The highest BCUT2D eigenvalue weighted by atomic mass is 16.5. The fourth-order valence-corrected chi connectivity index (χ4v) is 1.98. The lowest BCUT2D eigenvalue weighted by Crippen LogP contribution is -1.96. The molecule has 0 aromatic heterocycles. The van der Waals surface area contributed by atoms with Gasteiger partial charge in [-0.1, -0.05) is 48.6 Å². The number of methoxy groups -OCH3 is 1. The molecule has 0 spiro atoms. The lowest BCUT2D eigenvalue weighted by molar-refractivity contribution is -0.139. The van der Waals surface area contributed by atoms with Crippen LogP contribution in [0.2, 0.25) is 0 Å². The Bertz CT molecular complexity index is 597. The molecule has 2 heteroatoms. The molecule has 18 heavy (non-hydrogen) atoms. The van der Waals surface area contributed by atoms with E-state index in [2.05, 4.69) is 35.9 Å². The number of carbonyl (C=O) groups excluding carboxylic acids is 1. The highest BCUT2D eigenvalue weighted by Crippen LogP contribution is 2.23. The van der Waals surface area contributed by atoms with Gasteiger partial charge in [-0.15, -0.1) is 0 Å². The summed E-state index contributed by atoms with van der Waals surface area (Å²) in [5.41, 5.74) is 2.39. The molecule has 2 rings (SSSR count). The molecule has 0 heterocycles. The number of aryl methyl sites for hydroxylation is 1. The molecule has 0 amide bonds. The Morgan fingerprint density at radius 2 is 1.89 bits per heavy atom. The SMILES string of the molecule is COC(=O)CC=Cc1ccc(C)c2ccccc12. The maximum atomic E-state index is 11.0. The van der Waals surface area contributed by atoms with Crippen LogP contribution in [0, 0.1) is 6.92 Å². The van der Waals surface area contributed by atoms with E-state index in [4.69, 9.17) is 0 Å². The molecule has 0 saturated heterocycles. The van der Waals surface area contributed by atoms with Gasteiger partial charge < -0.3 is 4.74 Å². The normalized spacial score (nSPS) is 11.0. The smallest absolute Gasteiger partial charge is 0.309 e. The molecule has 0 bridgehead atoms. The molecule has 0 fully saturated rings. The summed E-state index contributed by atoms with van der Waals surface area (Å²) in [6.07, 6.45) is 4.11. The van der Waals surface area contributed by atoms with E-state index < -0.39 is 0 Å². The lowest BCUT2D eigenvalue weighted by Gasteiger charge is -2.05. The van der Waals surface area contributed by atoms with Crippen molar-refractivity contribution in [1.82, 2.24) is 0 Å². The monoisotopic (exact) mass is 240 g/mol. The van der Waals surface area contributed by atoms with Crippen LogP contribution in [0.1, 0.15) is 17.5 Å². The lowest BCUT2D eigenvalue weighted by atomic mass is 10.00. The summed E-state index contributed by atoms with van der Waals surface area (Å²) < 4.78 is 4.60.